The third-order valence-corrected chi connectivity index (χ3v) is 5.02. The first-order chi connectivity index (χ1) is 11.1. The van der Waals surface area contributed by atoms with Crippen LogP contribution in [0.15, 0.2) is 18.2 Å². The predicted molar refractivity (Wildman–Crippen MR) is 95.5 cm³/mol. The van der Waals surface area contributed by atoms with E-state index in [4.69, 9.17) is 22.6 Å². The van der Waals surface area contributed by atoms with Crippen LogP contribution in [0.5, 0.6) is 0 Å². The number of benzene rings is 1. The van der Waals surface area contributed by atoms with Gasteiger partial charge in [0.15, 0.2) is 0 Å². The monoisotopic (exact) mass is 352 g/mol. The molecule has 0 radical (unpaired) electrons. The second-order valence-corrected chi connectivity index (χ2v) is 6.96. The van der Waals surface area contributed by atoms with E-state index in [1.807, 2.05) is 17.0 Å². The van der Waals surface area contributed by atoms with Gasteiger partial charge in [-0.15, -0.1) is 11.8 Å². The molecule has 1 atom stereocenters. The highest BCUT2D eigenvalue weighted by atomic mass is 35.5. The fraction of sp³-hybridized carbons (Fsp3) is 0.500. The predicted octanol–water partition coefficient (Wildman–Crippen LogP) is 2.65. The summed E-state index contributed by atoms with van der Waals surface area (Å²) in [6.07, 6.45) is 2.52. The van der Waals surface area contributed by atoms with Gasteiger partial charge >= 0.3 is 0 Å². The number of nitriles is 1. The summed E-state index contributed by atoms with van der Waals surface area (Å²) in [6.45, 7) is 1.60. The summed E-state index contributed by atoms with van der Waals surface area (Å²) < 4.78 is 0. The van der Waals surface area contributed by atoms with Crippen molar-refractivity contribution in [3.8, 4) is 6.07 Å². The van der Waals surface area contributed by atoms with Crippen molar-refractivity contribution in [3.63, 3.8) is 0 Å². The molecule has 1 amide bonds. The molecular formula is C16H21ClN4OS. The van der Waals surface area contributed by atoms with Crippen LogP contribution in [0.25, 0.3) is 0 Å². The van der Waals surface area contributed by atoms with Crippen molar-refractivity contribution in [1.82, 2.24) is 4.90 Å². The molecule has 1 saturated heterocycles. The summed E-state index contributed by atoms with van der Waals surface area (Å²) >= 11 is 7.76. The zero-order valence-electron chi connectivity index (χ0n) is 12.9. The van der Waals surface area contributed by atoms with E-state index >= 15 is 0 Å². The number of unbranched alkanes of at least 4 members (excludes halogenated alkanes) is 1. The Labute approximate surface area is 146 Å². The van der Waals surface area contributed by atoms with Crippen molar-refractivity contribution in [3.05, 3.63) is 28.8 Å². The maximum absolute atomic E-state index is 12.1. The smallest absolute Gasteiger partial charge is 0.240 e. The molecule has 0 aliphatic carbocycles. The number of rotatable bonds is 7. The highest BCUT2D eigenvalue weighted by molar-refractivity contribution is 7.99. The third kappa shape index (κ3) is 5.31. The molecule has 2 rings (SSSR count). The summed E-state index contributed by atoms with van der Waals surface area (Å²) in [5.74, 6) is 1.85. The highest BCUT2D eigenvalue weighted by Crippen LogP contribution is 2.20. The molecule has 0 aromatic heterocycles. The normalized spacial score (nSPS) is 15.3. The topological polar surface area (TPSA) is 82.1 Å². The lowest BCUT2D eigenvalue weighted by Gasteiger charge is -2.19. The molecule has 1 heterocycles. The van der Waals surface area contributed by atoms with Crippen LogP contribution in [0.4, 0.5) is 5.69 Å². The van der Waals surface area contributed by atoms with E-state index in [9.17, 15) is 4.79 Å². The van der Waals surface area contributed by atoms with Crippen LogP contribution >= 0.6 is 23.4 Å². The van der Waals surface area contributed by atoms with Gasteiger partial charge in [-0.25, -0.2) is 0 Å². The van der Waals surface area contributed by atoms with Gasteiger partial charge in [-0.3, -0.25) is 4.79 Å². The molecule has 1 aliphatic rings. The SMILES string of the molecule is N#Cc1ccc(NCCCC[C@H](N)C(=O)N2CCSC2)cc1Cl. The zero-order chi connectivity index (χ0) is 16.7. The Morgan fingerprint density at radius 1 is 1.52 bits per heavy atom. The molecule has 1 aliphatic heterocycles. The maximum Gasteiger partial charge on any atom is 0.240 e. The van der Waals surface area contributed by atoms with E-state index in [0.29, 0.717) is 17.0 Å². The number of thioether (sulfide) groups is 1. The van der Waals surface area contributed by atoms with Crippen molar-refractivity contribution in [2.24, 2.45) is 5.73 Å². The standard InChI is InChI=1S/C16H21ClN4OS/c17-14-9-13(5-4-12(14)10-18)20-6-2-1-3-15(19)16(22)21-7-8-23-11-21/h4-5,9,15,20H,1-3,6-8,11,19H2/t15-/m0/s1. The molecule has 0 bridgehead atoms. The Balaban J connectivity index is 1.64. The van der Waals surface area contributed by atoms with Gasteiger partial charge in [-0.05, 0) is 37.5 Å². The van der Waals surface area contributed by atoms with Crippen molar-refractivity contribution < 1.29 is 4.79 Å². The van der Waals surface area contributed by atoms with E-state index in [-0.39, 0.29) is 5.91 Å². The number of hydrogen-bond donors (Lipinski definition) is 2. The van der Waals surface area contributed by atoms with Gasteiger partial charge in [0.25, 0.3) is 0 Å². The fourth-order valence-corrected chi connectivity index (χ4v) is 3.56. The highest BCUT2D eigenvalue weighted by Gasteiger charge is 2.23. The van der Waals surface area contributed by atoms with Crippen molar-refractivity contribution in [1.29, 1.82) is 5.26 Å². The summed E-state index contributed by atoms with van der Waals surface area (Å²) in [5, 5.41) is 12.5. The van der Waals surface area contributed by atoms with E-state index in [1.165, 1.54) is 0 Å². The quantitative estimate of drug-likeness (QED) is 0.737. The van der Waals surface area contributed by atoms with Gasteiger partial charge in [0.2, 0.25) is 5.91 Å². The second-order valence-electron chi connectivity index (χ2n) is 5.47. The van der Waals surface area contributed by atoms with E-state index in [2.05, 4.69) is 5.32 Å². The van der Waals surface area contributed by atoms with Crippen molar-refractivity contribution >= 4 is 35.0 Å². The average Bonchev–Trinajstić information content (AvgIpc) is 3.08. The van der Waals surface area contributed by atoms with E-state index in [0.717, 1.165) is 43.2 Å². The third-order valence-electron chi connectivity index (χ3n) is 3.74. The second kappa shape index (κ2) is 9.02. The molecule has 1 aromatic carbocycles. The largest absolute Gasteiger partial charge is 0.385 e. The van der Waals surface area contributed by atoms with Crippen LogP contribution in [-0.4, -0.2) is 41.6 Å². The number of nitrogens with one attached hydrogen (secondary N) is 1. The number of nitrogens with zero attached hydrogens (tertiary/aromatic N) is 2. The molecule has 3 N–H and O–H groups in total. The molecule has 5 nitrogen and oxygen atoms in total. The lowest BCUT2D eigenvalue weighted by Crippen LogP contribution is -2.42. The molecule has 1 fully saturated rings. The van der Waals surface area contributed by atoms with Gasteiger partial charge in [0.05, 0.1) is 22.5 Å². The van der Waals surface area contributed by atoms with Crippen LogP contribution < -0.4 is 11.1 Å². The maximum atomic E-state index is 12.1. The summed E-state index contributed by atoms with van der Waals surface area (Å²) in [6, 6.07) is 6.93. The van der Waals surface area contributed by atoms with Gasteiger partial charge in [-0.2, -0.15) is 5.26 Å². The van der Waals surface area contributed by atoms with E-state index < -0.39 is 6.04 Å². The molecule has 1 aromatic rings. The van der Waals surface area contributed by atoms with Gasteiger partial charge in [0.1, 0.15) is 6.07 Å². The summed E-state index contributed by atoms with van der Waals surface area (Å²) in [4.78, 5) is 13.9. The Hall–Kier alpha value is -1.42. The number of hydrogen-bond acceptors (Lipinski definition) is 5. The Bertz CT molecular complexity index is 584. The van der Waals surface area contributed by atoms with Crippen molar-refractivity contribution in [2.45, 2.75) is 25.3 Å². The number of nitrogens with two attached hydrogens (primary N) is 1. The molecule has 124 valence electrons. The van der Waals surface area contributed by atoms with Crippen LogP contribution in [-0.2, 0) is 4.79 Å². The number of carbonyl (C=O) groups excluding carboxylic acids is 1. The first kappa shape index (κ1) is 17.9. The average molecular weight is 353 g/mol. The zero-order valence-corrected chi connectivity index (χ0v) is 14.5. The minimum atomic E-state index is -0.391. The lowest BCUT2D eigenvalue weighted by atomic mass is 10.1. The minimum absolute atomic E-state index is 0.0711. The minimum Gasteiger partial charge on any atom is -0.385 e. The van der Waals surface area contributed by atoms with Gasteiger partial charge in [-0.1, -0.05) is 11.6 Å². The summed E-state index contributed by atoms with van der Waals surface area (Å²) in [5.41, 5.74) is 7.34. The lowest BCUT2D eigenvalue weighted by molar-refractivity contribution is -0.131. The van der Waals surface area contributed by atoms with Crippen LogP contribution in [0.3, 0.4) is 0 Å². The molecule has 7 heteroatoms. The molecule has 23 heavy (non-hydrogen) atoms. The number of amides is 1. The fourth-order valence-electron chi connectivity index (χ4n) is 2.38. The van der Waals surface area contributed by atoms with Crippen LogP contribution in [0.2, 0.25) is 5.02 Å². The summed E-state index contributed by atoms with van der Waals surface area (Å²) in [7, 11) is 0. The first-order valence-electron chi connectivity index (χ1n) is 7.67. The first-order valence-corrected chi connectivity index (χ1v) is 9.20. The van der Waals surface area contributed by atoms with Gasteiger partial charge in [0, 0.05) is 24.5 Å². The van der Waals surface area contributed by atoms with Crippen molar-refractivity contribution in [2.75, 3.05) is 30.0 Å². The number of anilines is 1. The number of halogens is 1. The van der Waals surface area contributed by atoms with Crippen LogP contribution in [0.1, 0.15) is 24.8 Å². The van der Waals surface area contributed by atoms with Gasteiger partial charge < -0.3 is 16.0 Å². The molecule has 0 spiro atoms. The molecule has 0 unspecified atom stereocenters. The Morgan fingerprint density at radius 3 is 3.00 bits per heavy atom. The molecule has 0 saturated carbocycles. The Kier molecular flexibility index (Phi) is 7.03. The molecular weight excluding hydrogens is 332 g/mol. The van der Waals surface area contributed by atoms with Crippen LogP contribution in [0, 0.1) is 11.3 Å². The van der Waals surface area contributed by atoms with E-state index in [1.54, 1.807) is 23.9 Å². The Morgan fingerprint density at radius 2 is 2.35 bits per heavy atom. The number of carbonyl (C=O) groups is 1.